The van der Waals surface area contributed by atoms with E-state index in [1.807, 2.05) is 0 Å². The standard InChI is InChI=1S/C16H26O5Se/c1-11(2)13-6-5-12(3)9-14(13)21-16(18)10-22(19)8-7-15(17)20-4/h7-8,11-14H,5-6,9-10H2,1-4H3/b8-7+/t12-,13+,14-,22?/m1/s1. The predicted molar refractivity (Wildman–Crippen MR) is 83.6 cm³/mol. The fourth-order valence-corrected chi connectivity index (χ4v) is 4.20. The molecule has 5 nitrogen and oxygen atoms in total. The Morgan fingerprint density at radius 2 is 2.00 bits per heavy atom. The minimum absolute atomic E-state index is 0.0837. The Morgan fingerprint density at radius 1 is 1.32 bits per heavy atom. The summed E-state index contributed by atoms with van der Waals surface area (Å²) in [6.45, 7) is 6.45. The summed E-state index contributed by atoms with van der Waals surface area (Å²) in [5.41, 5.74) is 0. The van der Waals surface area contributed by atoms with Gasteiger partial charge in [-0.15, -0.1) is 0 Å². The molecule has 0 aromatic carbocycles. The zero-order valence-electron chi connectivity index (χ0n) is 13.7. The van der Waals surface area contributed by atoms with Crippen LogP contribution in [-0.2, 0) is 22.9 Å². The van der Waals surface area contributed by atoms with Gasteiger partial charge in [-0.3, -0.25) is 0 Å². The van der Waals surface area contributed by atoms with Crippen LogP contribution in [0.5, 0.6) is 0 Å². The van der Waals surface area contributed by atoms with Crippen LogP contribution in [0.1, 0.15) is 40.0 Å². The third kappa shape index (κ3) is 6.41. The van der Waals surface area contributed by atoms with Gasteiger partial charge in [0.25, 0.3) is 0 Å². The third-order valence-electron chi connectivity index (χ3n) is 4.06. The normalized spacial score (nSPS) is 26.9. The molecule has 1 aliphatic carbocycles. The van der Waals surface area contributed by atoms with Crippen molar-refractivity contribution in [1.82, 2.24) is 0 Å². The number of hydrogen-bond acceptors (Lipinski definition) is 5. The maximum absolute atomic E-state index is 12.0. The van der Waals surface area contributed by atoms with Gasteiger partial charge in [-0.2, -0.15) is 0 Å². The Kier molecular flexibility index (Phi) is 7.97. The van der Waals surface area contributed by atoms with Crippen molar-refractivity contribution >= 4 is 25.8 Å². The molecule has 0 heterocycles. The van der Waals surface area contributed by atoms with E-state index in [1.165, 1.54) is 12.1 Å². The quantitative estimate of drug-likeness (QED) is 0.404. The first-order chi connectivity index (χ1) is 10.3. The van der Waals surface area contributed by atoms with Crippen molar-refractivity contribution in [2.75, 3.05) is 7.11 Å². The van der Waals surface area contributed by atoms with Crippen molar-refractivity contribution < 1.29 is 22.9 Å². The van der Waals surface area contributed by atoms with Crippen LogP contribution in [0, 0.1) is 17.8 Å². The molecule has 0 aromatic heterocycles. The topological polar surface area (TPSA) is 69.7 Å². The van der Waals surface area contributed by atoms with Crippen molar-refractivity contribution in [2.24, 2.45) is 17.8 Å². The Morgan fingerprint density at radius 3 is 2.59 bits per heavy atom. The molecule has 0 bridgehead atoms. The average Bonchev–Trinajstić information content (AvgIpc) is 2.44. The summed E-state index contributed by atoms with van der Waals surface area (Å²) in [6, 6.07) is 0. The number of hydrogen-bond donors (Lipinski definition) is 0. The fraction of sp³-hybridized carbons (Fsp3) is 0.750. The molecule has 1 rings (SSSR count). The molecule has 4 atom stereocenters. The zero-order chi connectivity index (χ0) is 16.7. The number of ether oxygens (including phenoxy) is 2. The summed E-state index contributed by atoms with van der Waals surface area (Å²) >= 11 is -2.53. The van der Waals surface area contributed by atoms with Crippen molar-refractivity contribution in [3.8, 4) is 0 Å². The van der Waals surface area contributed by atoms with Crippen LogP contribution in [0.2, 0.25) is 5.32 Å². The Bertz CT molecular complexity index is 444. The van der Waals surface area contributed by atoms with E-state index in [2.05, 4.69) is 25.5 Å². The van der Waals surface area contributed by atoms with E-state index < -0.39 is 25.8 Å². The molecule has 1 saturated carbocycles. The Hall–Kier alpha value is -1.00. The van der Waals surface area contributed by atoms with Crippen molar-refractivity contribution in [3.63, 3.8) is 0 Å². The molecule has 22 heavy (non-hydrogen) atoms. The number of carbonyl (C=O) groups excluding carboxylic acids is 2. The summed E-state index contributed by atoms with van der Waals surface area (Å²) in [6.07, 6.45) is 4.12. The fourth-order valence-electron chi connectivity index (χ4n) is 2.82. The van der Waals surface area contributed by atoms with Gasteiger partial charge in [-0.05, 0) is 0 Å². The second-order valence-corrected chi connectivity index (χ2v) is 8.98. The molecule has 126 valence electrons. The SMILES string of the molecule is COC(=O)/C=C/[Se](=O)CC(=O)O[C@@H]1C[C@H](C)CC[C@H]1C(C)C. The van der Waals surface area contributed by atoms with Gasteiger partial charge in [-0.1, -0.05) is 0 Å². The molecule has 0 aromatic rings. The van der Waals surface area contributed by atoms with Gasteiger partial charge in [0.1, 0.15) is 0 Å². The van der Waals surface area contributed by atoms with E-state index >= 15 is 0 Å². The maximum atomic E-state index is 12.0. The van der Waals surface area contributed by atoms with E-state index in [-0.39, 0.29) is 11.4 Å². The molecular formula is C16H26O5Se. The van der Waals surface area contributed by atoms with Crippen molar-refractivity contribution in [2.45, 2.75) is 51.5 Å². The Balaban J connectivity index is 2.53. The minimum atomic E-state index is -2.53. The van der Waals surface area contributed by atoms with E-state index in [0.29, 0.717) is 17.8 Å². The van der Waals surface area contributed by atoms with Crippen molar-refractivity contribution in [1.29, 1.82) is 0 Å². The summed E-state index contributed by atoms with van der Waals surface area (Å²) in [5, 5.41) is -0.136. The first-order valence-electron chi connectivity index (χ1n) is 7.66. The molecule has 0 radical (unpaired) electrons. The number of methoxy groups -OCH3 is 1. The number of esters is 2. The summed E-state index contributed by atoms with van der Waals surface area (Å²) in [5.74, 6) is 0.378. The van der Waals surface area contributed by atoms with Crippen LogP contribution in [0.25, 0.3) is 0 Å². The van der Waals surface area contributed by atoms with Gasteiger partial charge >= 0.3 is 136 Å². The number of carbonyl (C=O) groups is 2. The molecule has 1 unspecified atom stereocenters. The van der Waals surface area contributed by atoms with Gasteiger partial charge in [-0.25, -0.2) is 0 Å². The van der Waals surface area contributed by atoms with Crippen LogP contribution < -0.4 is 0 Å². The monoisotopic (exact) mass is 378 g/mol. The second-order valence-electron chi connectivity index (χ2n) is 6.21. The summed E-state index contributed by atoms with van der Waals surface area (Å²) < 4.78 is 21.8. The van der Waals surface area contributed by atoms with Gasteiger partial charge in [0.05, 0.1) is 0 Å². The molecule has 0 N–H and O–H groups in total. The predicted octanol–water partition coefficient (Wildman–Crippen LogP) is 2.68. The summed E-state index contributed by atoms with van der Waals surface area (Å²) in [7, 11) is 1.25. The van der Waals surface area contributed by atoms with Gasteiger partial charge in [0.15, 0.2) is 0 Å². The van der Waals surface area contributed by atoms with E-state index in [4.69, 9.17) is 4.74 Å². The van der Waals surface area contributed by atoms with Gasteiger partial charge < -0.3 is 0 Å². The molecule has 0 amide bonds. The third-order valence-corrected chi connectivity index (χ3v) is 6.08. The number of rotatable bonds is 6. The first kappa shape index (κ1) is 19.0. The first-order valence-corrected chi connectivity index (χ1v) is 10.6. The summed E-state index contributed by atoms with van der Waals surface area (Å²) in [4.78, 5) is 24.2. The van der Waals surface area contributed by atoms with Gasteiger partial charge in [0, 0.05) is 0 Å². The van der Waals surface area contributed by atoms with Crippen LogP contribution in [0.15, 0.2) is 11.1 Å². The van der Waals surface area contributed by atoms with Crippen LogP contribution in [0.4, 0.5) is 0 Å². The molecule has 0 spiro atoms. The van der Waals surface area contributed by atoms with E-state index in [1.54, 1.807) is 0 Å². The molecule has 6 heteroatoms. The van der Waals surface area contributed by atoms with Gasteiger partial charge in [0.2, 0.25) is 0 Å². The molecule has 1 aliphatic rings. The van der Waals surface area contributed by atoms with Crippen molar-refractivity contribution in [3.05, 3.63) is 11.1 Å². The molecular weight excluding hydrogens is 351 g/mol. The van der Waals surface area contributed by atoms with Crippen LogP contribution >= 0.6 is 0 Å². The second kappa shape index (κ2) is 9.21. The van der Waals surface area contributed by atoms with Crippen LogP contribution in [0.3, 0.4) is 0 Å². The molecule has 0 saturated heterocycles. The Labute approximate surface area is 136 Å². The molecule has 1 fully saturated rings. The van der Waals surface area contributed by atoms with E-state index in [0.717, 1.165) is 25.3 Å². The average molecular weight is 377 g/mol. The molecule has 0 aliphatic heterocycles. The van der Waals surface area contributed by atoms with E-state index in [9.17, 15) is 13.4 Å². The van der Waals surface area contributed by atoms with Crippen LogP contribution in [-0.4, -0.2) is 39.0 Å². The zero-order valence-corrected chi connectivity index (χ0v) is 15.5.